The molecule has 0 aromatic rings. The number of carbonyl (C=O) groups excluding carboxylic acids is 1. The van der Waals surface area contributed by atoms with E-state index < -0.39 is 10.4 Å². The fourth-order valence-corrected chi connectivity index (χ4v) is 0.753. The number of nitrogens with two attached hydrogens (primary N) is 1. The molecule has 0 fully saturated rings. The van der Waals surface area contributed by atoms with E-state index in [9.17, 15) is 13.2 Å². The average Bonchev–Trinajstić information content (AvgIpc) is 2.11. The predicted molar refractivity (Wildman–Crippen MR) is 56.4 cm³/mol. The molecule has 0 radical (unpaired) electrons. The first-order valence-corrected chi connectivity index (χ1v) is 5.71. The first-order valence-electron chi connectivity index (χ1n) is 4.34. The van der Waals surface area contributed by atoms with Gasteiger partial charge in [-0.1, -0.05) is 19.4 Å². The average molecular weight is 239 g/mol. The van der Waals surface area contributed by atoms with Crippen LogP contribution in [0.15, 0.2) is 12.7 Å². The molecule has 0 aliphatic heterocycles. The Bertz CT molecular complexity index is 273. The lowest BCUT2D eigenvalue weighted by Crippen LogP contribution is -2.09. The van der Waals surface area contributed by atoms with Crippen molar-refractivity contribution >= 4 is 16.3 Å². The fourth-order valence-electron chi connectivity index (χ4n) is 0.485. The van der Waals surface area contributed by atoms with Crippen LogP contribution in [0.4, 0.5) is 0 Å². The Kier molecular flexibility index (Phi) is 10.6. The van der Waals surface area contributed by atoms with Gasteiger partial charge in [0.1, 0.15) is 0 Å². The molecule has 7 heteroatoms. The van der Waals surface area contributed by atoms with Crippen LogP contribution in [-0.2, 0) is 19.4 Å². The van der Waals surface area contributed by atoms with Gasteiger partial charge in [-0.15, -0.1) is 6.58 Å². The van der Waals surface area contributed by atoms with E-state index in [1.165, 1.54) is 6.08 Å². The minimum atomic E-state index is -4.26. The number of amides is 1. The molecule has 1 amide bonds. The van der Waals surface area contributed by atoms with Crippen LogP contribution in [0.2, 0.25) is 0 Å². The number of hydrogen-bond acceptors (Lipinski definition) is 4. The second kappa shape index (κ2) is 9.63. The van der Waals surface area contributed by atoms with Crippen molar-refractivity contribution in [3.8, 4) is 0 Å². The van der Waals surface area contributed by atoms with Crippen LogP contribution >= 0.6 is 0 Å². The molecule has 0 unspecified atom stereocenters. The standard InChI is InChI=1S/C5H11NO.C3H6O4S/c1-2-3-4-5(6)7;1-2-3-7-8(4,5)6/h2-4H2,1H3,(H2,6,7);2H,1,3H2,(H,4,5,6). The number of rotatable bonds is 6. The van der Waals surface area contributed by atoms with Crippen molar-refractivity contribution in [2.24, 2.45) is 5.73 Å². The van der Waals surface area contributed by atoms with Gasteiger partial charge in [-0.25, -0.2) is 4.18 Å². The molecular formula is C8H17NO5S. The van der Waals surface area contributed by atoms with Gasteiger partial charge in [-0.2, -0.15) is 8.42 Å². The summed E-state index contributed by atoms with van der Waals surface area (Å²) in [6.45, 7) is 5.00. The van der Waals surface area contributed by atoms with Crippen molar-refractivity contribution in [2.45, 2.75) is 26.2 Å². The second-order valence-corrected chi connectivity index (χ2v) is 3.66. The SMILES string of the molecule is C=CCOS(=O)(=O)O.CCCCC(N)=O. The quantitative estimate of drug-likeness (QED) is 0.523. The van der Waals surface area contributed by atoms with E-state index in [2.05, 4.69) is 10.8 Å². The summed E-state index contributed by atoms with van der Waals surface area (Å²) in [4.78, 5) is 9.98. The van der Waals surface area contributed by atoms with Crippen molar-refractivity contribution in [1.29, 1.82) is 0 Å². The van der Waals surface area contributed by atoms with Gasteiger partial charge in [0.25, 0.3) is 0 Å². The summed E-state index contributed by atoms with van der Waals surface area (Å²) < 4.78 is 31.0. The summed E-state index contributed by atoms with van der Waals surface area (Å²) in [5, 5.41) is 0. The molecule has 0 aliphatic carbocycles. The minimum absolute atomic E-state index is 0.193. The highest BCUT2D eigenvalue weighted by molar-refractivity contribution is 7.80. The Morgan fingerprint density at radius 1 is 1.60 bits per heavy atom. The molecule has 0 spiro atoms. The maximum Gasteiger partial charge on any atom is 0.397 e. The van der Waals surface area contributed by atoms with Crippen LogP contribution in [-0.4, -0.2) is 25.5 Å². The van der Waals surface area contributed by atoms with Crippen molar-refractivity contribution in [3.05, 3.63) is 12.7 Å². The predicted octanol–water partition coefficient (Wildman–Crippen LogP) is 0.654. The third-order valence-electron chi connectivity index (χ3n) is 1.11. The van der Waals surface area contributed by atoms with Crippen LogP contribution in [0.25, 0.3) is 0 Å². The molecule has 0 aromatic heterocycles. The van der Waals surface area contributed by atoms with Gasteiger partial charge >= 0.3 is 10.4 Å². The third-order valence-corrected chi connectivity index (χ3v) is 1.55. The zero-order chi connectivity index (χ0) is 12.3. The molecule has 90 valence electrons. The van der Waals surface area contributed by atoms with Gasteiger partial charge in [0.15, 0.2) is 0 Å². The summed E-state index contributed by atoms with van der Waals surface area (Å²) >= 11 is 0. The molecule has 15 heavy (non-hydrogen) atoms. The van der Waals surface area contributed by atoms with E-state index in [0.29, 0.717) is 6.42 Å². The van der Waals surface area contributed by atoms with E-state index in [0.717, 1.165) is 12.8 Å². The Morgan fingerprint density at radius 2 is 2.13 bits per heavy atom. The molecule has 0 aliphatic rings. The molecule has 0 aromatic carbocycles. The van der Waals surface area contributed by atoms with Crippen molar-refractivity contribution in [2.75, 3.05) is 6.61 Å². The molecule has 0 saturated carbocycles. The zero-order valence-corrected chi connectivity index (χ0v) is 9.50. The highest BCUT2D eigenvalue weighted by atomic mass is 32.3. The Balaban J connectivity index is 0. The highest BCUT2D eigenvalue weighted by Crippen LogP contribution is 1.89. The van der Waals surface area contributed by atoms with Crippen molar-refractivity contribution < 1.29 is 21.9 Å². The monoisotopic (exact) mass is 239 g/mol. The lowest BCUT2D eigenvalue weighted by molar-refractivity contribution is -0.118. The van der Waals surface area contributed by atoms with E-state index in [4.69, 9.17) is 10.3 Å². The number of primary amides is 1. The molecular weight excluding hydrogens is 222 g/mol. The Labute approximate surface area is 90.1 Å². The lowest BCUT2D eigenvalue weighted by Gasteiger charge is -1.90. The van der Waals surface area contributed by atoms with Gasteiger partial charge in [0, 0.05) is 6.42 Å². The van der Waals surface area contributed by atoms with Gasteiger partial charge in [-0.3, -0.25) is 9.35 Å². The highest BCUT2D eigenvalue weighted by Gasteiger charge is 1.99. The molecule has 0 rings (SSSR count). The van der Waals surface area contributed by atoms with E-state index in [-0.39, 0.29) is 12.5 Å². The zero-order valence-electron chi connectivity index (χ0n) is 8.68. The number of carbonyl (C=O) groups is 1. The first kappa shape index (κ1) is 16.5. The largest absolute Gasteiger partial charge is 0.397 e. The molecule has 0 bridgehead atoms. The second-order valence-electron chi connectivity index (χ2n) is 2.57. The smallest absolute Gasteiger partial charge is 0.370 e. The van der Waals surface area contributed by atoms with Gasteiger partial charge in [-0.05, 0) is 6.42 Å². The summed E-state index contributed by atoms with van der Waals surface area (Å²) in [6.07, 6.45) is 3.72. The maximum atomic E-state index is 9.98. The van der Waals surface area contributed by atoms with Gasteiger partial charge < -0.3 is 5.73 Å². The summed E-state index contributed by atoms with van der Waals surface area (Å²) in [7, 11) is -4.26. The van der Waals surface area contributed by atoms with Crippen LogP contribution in [0.5, 0.6) is 0 Å². The third kappa shape index (κ3) is 24.6. The normalized spacial score (nSPS) is 10.0. The van der Waals surface area contributed by atoms with Crippen LogP contribution < -0.4 is 5.73 Å². The summed E-state index contributed by atoms with van der Waals surface area (Å²) in [6, 6.07) is 0. The van der Waals surface area contributed by atoms with E-state index >= 15 is 0 Å². The lowest BCUT2D eigenvalue weighted by atomic mass is 10.2. The maximum absolute atomic E-state index is 9.98. The Morgan fingerprint density at radius 3 is 2.27 bits per heavy atom. The molecule has 6 nitrogen and oxygen atoms in total. The van der Waals surface area contributed by atoms with Gasteiger partial charge in [0.05, 0.1) is 6.61 Å². The fraction of sp³-hybridized carbons (Fsp3) is 0.625. The summed E-state index contributed by atoms with van der Waals surface area (Å²) in [5.74, 6) is -0.193. The topological polar surface area (TPSA) is 107 Å². The number of hydrogen-bond donors (Lipinski definition) is 2. The van der Waals surface area contributed by atoms with Crippen LogP contribution in [0, 0.1) is 0 Å². The number of unbranched alkanes of at least 4 members (excludes halogenated alkanes) is 1. The van der Waals surface area contributed by atoms with Crippen molar-refractivity contribution in [3.63, 3.8) is 0 Å². The van der Waals surface area contributed by atoms with Gasteiger partial charge in [0.2, 0.25) is 5.91 Å². The van der Waals surface area contributed by atoms with Crippen molar-refractivity contribution in [1.82, 2.24) is 0 Å². The minimum Gasteiger partial charge on any atom is -0.370 e. The summed E-state index contributed by atoms with van der Waals surface area (Å²) in [5.41, 5.74) is 4.84. The first-order chi connectivity index (χ1) is 6.83. The Hall–Kier alpha value is -0.920. The van der Waals surface area contributed by atoms with Crippen LogP contribution in [0.3, 0.4) is 0 Å². The molecule has 0 heterocycles. The molecule has 0 saturated heterocycles. The van der Waals surface area contributed by atoms with Crippen LogP contribution in [0.1, 0.15) is 26.2 Å². The molecule has 0 atom stereocenters. The van der Waals surface area contributed by atoms with E-state index in [1.807, 2.05) is 6.92 Å². The van der Waals surface area contributed by atoms with E-state index in [1.54, 1.807) is 0 Å². The molecule has 3 N–H and O–H groups in total.